The molecular weight excluding hydrogens is 300 g/mol. The molecule has 4 heteroatoms. The lowest BCUT2D eigenvalue weighted by Gasteiger charge is -2.36. The molecule has 2 amide bonds. The quantitative estimate of drug-likeness (QED) is 0.801. The molecule has 1 aliphatic heterocycles. The molecule has 24 heavy (non-hydrogen) atoms. The van der Waals surface area contributed by atoms with E-state index >= 15 is 0 Å². The van der Waals surface area contributed by atoms with E-state index in [1.165, 1.54) is 5.56 Å². The minimum absolute atomic E-state index is 0.143. The first-order chi connectivity index (χ1) is 11.6. The maximum absolute atomic E-state index is 12.5. The van der Waals surface area contributed by atoms with E-state index in [0.717, 1.165) is 24.8 Å². The number of amides is 2. The second kappa shape index (κ2) is 7.65. The highest BCUT2D eigenvalue weighted by Crippen LogP contribution is 2.21. The van der Waals surface area contributed by atoms with E-state index in [2.05, 4.69) is 12.2 Å². The third-order valence-corrected chi connectivity index (χ3v) is 5.04. The number of piperazine rings is 1. The third-order valence-electron chi connectivity index (χ3n) is 5.04. The van der Waals surface area contributed by atoms with Crippen LogP contribution in [-0.4, -0.2) is 47.8 Å². The molecule has 0 N–H and O–H groups in total. The molecule has 1 aromatic carbocycles. The lowest BCUT2D eigenvalue weighted by Crippen LogP contribution is -2.52. The summed E-state index contributed by atoms with van der Waals surface area (Å²) < 4.78 is 0. The molecule has 0 unspecified atom stereocenters. The van der Waals surface area contributed by atoms with Gasteiger partial charge in [0, 0.05) is 32.1 Å². The molecule has 2 aliphatic rings. The van der Waals surface area contributed by atoms with Gasteiger partial charge in [-0.2, -0.15) is 0 Å². The molecule has 0 radical (unpaired) electrons. The summed E-state index contributed by atoms with van der Waals surface area (Å²) in [5.41, 5.74) is 2.26. The summed E-state index contributed by atoms with van der Waals surface area (Å²) in [6.45, 7) is 4.68. The van der Waals surface area contributed by atoms with Crippen LogP contribution >= 0.6 is 0 Å². The largest absolute Gasteiger partial charge is 0.339 e. The maximum atomic E-state index is 12.5. The van der Waals surface area contributed by atoms with Crippen molar-refractivity contribution in [3.63, 3.8) is 0 Å². The van der Waals surface area contributed by atoms with Crippen LogP contribution in [-0.2, 0) is 16.0 Å². The van der Waals surface area contributed by atoms with Crippen molar-refractivity contribution >= 4 is 11.8 Å². The average molecular weight is 326 g/mol. The number of hydrogen-bond acceptors (Lipinski definition) is 2. The SMILES string of the molecule is Cc1ccc(CC(=O)N2CCN(C(=O)[C@H]3CC=CCC3)CC2)cc1. The Bertz CT molecular complexity index is 613. The lowest BCUT2D eigenvalue weighted by molar-refractivity contribution is -0.142. The van der Waals surface area contributed by atoms with Crippen LogP contribution in [0.3, 0.4) is 0 Å². The van der Waals surface area contributed by atoms with Gasteiger partial charge < -0.3 is 9.80 Å². The molecule has 1 fully saturated rings. The molecule has 4 nitrogen and oxygen atoms in total. The smallest absolute Gasteiger partial charge is 0.227 e. The van der Waals surface area contributed by atoms with Crippen LogP contribution in [0.5, 0.6) is 0 Å². The second-order valence-electron chi connectivity index (χ2n) is 6.85. The van der Waals surface area contributed by atoms with E-state index in [1.54, 1.807) is 0 Å². The van der Waals surface area contributed by atoms with Crippen LogP contribution in [0.15, 0.2) is 36.4 Å². The van der Waals surface area contributed by atoms with Crippen molar-refractivity contribution in [1.82, 2.24) is 9.80 Å². The van der Waals surface area contributed by atoms with E-state index in [4.69, 9.17) is 0 Å². The number of carbonyl (C=O) groups excluding carboxylic acids is 2. The number of hydrogen-bond donors (Lipinski definition) is 0. The van der Waals surface area contributed by atoms with Crippen molar-refractivity contribution in [3.05, 3.63) is 47.5 Å². The minimum Gasteiger partial charge on any atom is -0.339 e. The van der Waals surface area contributed by atoms with Crippen molar-refractivity contribution in [2.75, 3.05) is 26.2 Å². The van der Waals surface area contributed by atoms with E-state index in [-0.39, 0.29) is 17.7 Å². The number of benzene rings is 1. The van der Waals surface area contributed by atoms with Crippen LogP contribution in [0.25, 0.3) is 0 Å². The van der Waals surface area contributed by atoms with Crippen LogP contribution < -0.4 is 0 Å². The minimum atomic E-state index is 0.143. The Morgan fingerprint density at radius 2 is 1.67 bits per heavy atom. The molecule has 0 saturated carbocycles. The Hall–Kier alpha value is -2.10. The van der Waals surface area contributed by atoms with Crippen LogP contribution in [0.2, 0.25) is 0 Å². The van der Waals surface area contributed by atoms with Crippen LogP contribution in [0.4, 0.5) is 0 Å². The number of aryl methyl sites for hydroxylation is 1. The van der Waals surface area contributed by atoms with Crippen molar-refractivity contribution in [1.29, 1.82) is 0 Å². The molecule has 0 aromatic heterocycles. The first kappa shape index (κ1) is 16.7. The predicted molar refractivity (Wildman–Crippen MR) is 94.5 cm³/mol. The lowest BCUT2D eigenvalue weighted by atomic mass is 9.93. The highest BCUT2D eigenvalue weighted by atomic mass is 16.2. The fourth-order valence-electron chi connectivity index (χ4n) is 3.44. The number of rotatable bonds is 3. The predicted octanol–water partition coefficient (Wildman–Crippen LogP) is 2.56. The second-order valence-corrected chi connectivity index (χ2v) is 6.85. The maximum Gasteiger partial charge on any atom is 0.227 e. The average Bonchev–Trinajstić information content (AvgIpc) is 2.64. The van der Waals surface area contributed by atoms with E-state index < -0.39 is 0 Å². The number of allylic oxidation sites excluding steroid dienone is 2. The van der Waals surface area contributed by atoms with Gasteiger partial charge in [-0.3, -0.25) is 9.59 Å². The zero-order chi connectivity index (χ0) is 16.9. The fourth-order valence-corrected chi connectivity index (χ4v) is 3.44. The van der Waals surface area contributed by atoms with Gasteiger partial charge >= 0.3 is 0 Å². The van der Waals surface area contributed by atoms with Crippen molar-refractivity contribution < 1.29 is 9.59 Å². The standard InChI is InChI=1S/C20H26N2O2/c1-16-7-9-17(10-8-16)15-19(23)21-11-13-22(14-12-21)20(24)18-5-3-2-4-6-18/h2-3,7-10,18H,4-6,11-15H2,1H3/t18-/m0/s1. The summed E-state index contributed by atoms with van der Waals surface area (Å²) >= 11 is 0. The van der Waals surface area contributed by atoms with Gasteiger partial charge in [-0.15, -0.1) is 0 Å². The Morgan fingerprint density at radius 1 is 1.00 bits per heavy atom. The summed E-state index contributed by atoms with van der Waals surface area (Å²) in [5, 5.41) is 0. The molecule has 1 aromatic rings. The Labute approximate surface area is 144 Å². The van der Waals surface area contributed by atoms with E-state index in [9.17, 15) is 9.59 Å². The Kier molecular flexibility index (Phi) is 5.34. The fraction of sp³-hybridized carbons (Fsp3) is 0.500. The molecule has 1 atom stereocenters. The summed E-state index contributed by atoms with van der Waals surface area (Å²) in [6.07, 6.45) is 7.55. The van der Waals surface area contributed by atoms with Gasteiger partial charge in [0.1, 0.15) is 0 Å². The molecular formula is C20H26N2O2. The topological polar surface area (TPSA) is 40.6 Å². The number of nitrogens with zero attached hydrogens (tertiary/aromatic N) is 2. The Balaban J connectivity index is 1.49. The van der Waals surface area contributed by atoms with Gasteiger partial charge in [0.2, 0.25) is 11.8 Å². The van der Waals surface area contributed by atoms with Gasteiger partial charge in [-0.05, 0) is 31.7 Å². The van der Waals surface area contributed by atoms with E-state index in [0.29, 0.717) is 32.6 Å². The van der Waals surface area contributed by atoms with Crippen LogP contribution in [0, 0.1) is 12.8 Å². The zero-order valence-electron chi connectivity index (χ0n) is 14.4. The summed E-state index contributed by atoms with van der Waals surface area (Å²) in [4.78, 5) is 28.8. The first-order valence-corrected chi connectivity index (χ1v) is 8.90. The normalized spacial score (nSPS) is 21.0. The molecule has 1 aliphatic carbocycles. The molecule has 1 saturated heterocycles. The van der Waals surface area contributed by atoms with Crippen molar-refractivity contribution in [2.45, 2.75) is 32.6 Å². The van der Waals surface area contributed by atoms with Crippen molar-refractivity contribution in [3.8, 4) is 0 Å². The molecule has 3 rings (SSSR count). The van der Waals surface area contributed by atoms with Crippen LogP contribution in [0.1, 0.15) is 30.4 Å². The summed E-state index contributed by atoms with van der Waals surface area (Å²) in [5.74, 6) is 0.571. The summed E-state index contributed by atoms with van der Waals surface area (Å²) in [7, 11) is 0. The Morgan fingerprint density at radius 3 is 2.29 bits per heavy atom. The van der Waals surface area contributed by atoms with E-state index in [1.807, 2.05) is 41.0 Å². The monoisotopic (exact) mass is 326 g/mol. The number of carbonyl (C=O) groups is 2. The first-order valence-electron chi connectivity index (χ1n) is 8.90. The molecule has 0 spiro atoms. The highest BCUT2D eigenvalue weighted by Gasteiger charge is 2.28. The van der Waals surface area contributed by atoms with Crippen molar-refractivity contribution in [2.24, 2.45) is 5.92 Å². The highest BCUT2D eigenvalue weighted by molar-refractivity contribution is 5.81. The van der Waals surface area contributed by atoms with Gasteiger partial charge in [-0.1, -0.05) is 42.0 Å². The zero-order valence-corrected chi connectivity index (χ0v) is 14.4. The third kappa shape index (κ3) is 4.05. The summed E-state index contributed by atoms with van der Waals surface area (Å²) in [6, 6.07) is 8.11. The molecule has 1 heterocycles. The molecule has 128 valence electrons. The van der Waals surface area contributed by atoms with Gasteiger partial charge in [0.05, 0.1) is 6.42 Å². The van der Waals surface area contributed by atoms with Gasteiger partial charge in [-0.25, -0.2) is 0 Å². The van der Waals surface area contributed by atoms with Gasteiger partial charge in [0.25, 0.3) is 0 Å². The van der Waals surface area contributed by atoms with Gasteiger partial charge in [0.15, 0.2) is 0 Å². The molecule has 0 bridgehead atoms.